The minimum absolute atomic E-state index is 0. The van der Waals surface area contributed by atoms with Crippen LogP contribution in [0.4, 0.5) is 26.3 Å². The average molecular weight is 1010 g/mol. The second kappa shape index (κ2) is 30.8. The van der Waals surface area contributed by atoms with Crippen LogP contribution in [0, 0.1) is 53.1 Å². The van der Waals surface area contributed by atoms with Gasteiger partial charge in [-0.2, -0.15) is 109 Å². The summed E-state index contributed by atoms with van der Waals surface area (Å²) >= 11 is 0. The van der Waals surface area contributed by atoms with E-state index in [1.165, 1.54) is 146 Å². The van der Waals surface area contributed by atoms with Gasteiger partial charge in [-0.3, -0.25) is 0 Å². The van der Waals surface area contributed by atoms with Crippen LogP contribution in [0.15, 0.2) is 237 Å². The molecule has 5 N–H and O–H groups in total. The quantitative estimate of drug-likeness (QED) is 0.0825. The van der Waals surface area contributed by atoms with E-state index < -0.39 is 51.5 Å². The van der Waals surface area contributed by atoms with Crippen LogP contribution < -0.4 is 31.1 Å². The Morgan fingerprint density at radius 2 is 0.412 bits per heavy atom. The Morgan fingerprint density at radius 3 is 0.500 bits per heavy atom. The molecule has 349 valence electrons. The molecule has 0 spiro atoms. The molecule has 0 saturated carbocycles. The standard InChI is InChI=1S/2C18H13F3OSi.3C6H5.H4OSi.H2O.V/c2*19-13-1-7-16(8-2-13)23(22,17-9-3-14(20)4-10-17)18-11-5-15(21)6-12-18;3*1-2-4-6-5-3-1;1-2;;/h2*1-12,22H;3*1-5H;1H,2H3;1H2;/q;;3*-1;;;. The average Bonchev–Trinajstić information content (AvgIpc) is 3.38. The summed E-state index contributed by atoms with van der Waals surface area (Å²) < 4.78 is 79.3. The summed E-state index contributed by atoms with van der Waals surface area (Å²) in [4.78, 5) is 30.1. The molecule has 1 radical (unpaired) electrons. The second-order valence-electron chi connectivity index (χ2n) is 13.7. The van der Waals surface area contributed by atoms with Crippen LogP contribution in [-0.4, -0.2) is 47.0 Å². The minimum Gasteiger partial charge on any atom is -0.442 e. The van der Waals surface area contributed by atoms with Gasteiger partial charge in [0.2, 0.25) is 0 Å². The molecule has 68 heavy (non-hydrogen) atoms. The molecule has 14 heteroatoms. The van der Waals surface area contributed by atoms with E-state index in [2.05, 4.69) is 18.2 Å². The number of rotatable bonds is 6. The zero-order chi connectivity index (χ0) is 47.6. The molecule has 9 aromatic carbocycles. The molecule has 0 bridgehead atoms. The summed E-state index contributed by atoms with van der Waals surface area (Å²) in [6.07, 6.45) is 0. The largest absolute Gasteiger partial charge is 0.442 e. The van der Waals surface area contributed by atoms with Gasteiger partial charge in [-0.15, -0.1) is 0 Å². The van der Waals surface area contributed by atoms with Crippen LogP contribution in [0.5, 0.6) is 0 Å². The van der Waals surface area contributed by atoms with Gasteiger partial charge < -0.3 is 19.9 Å². The van der Waals surface area contributed by atoms with Crippen molar-refractivity contribution in [1.29, 1.82) is 0 Å². The first kappa shape index (κ1) is 57.8. The third kappa shape index (κ3) is 17.7. The number of hydrogen-bond donors (Lipinski definition) is 3. The van der Waals surface area contributed by atoms with Crippen molar-refractivity contribution in [3.63, 3.8) is 0 Å². The van der Waals surface area contributed by atoms with Crippen LogP contribution in [0.3, 0.4) is 0 Å². The maximum absolute atomic E-state index is 13.2. The Morgan fingerprint density at radius 1 is 0.279 bits per heavy atom. The molecule has 0 heterocycles. The number of hydrogen-bond acceptors (Lipinski definition) is 3. The molecule has 9 rings (SSSR count). The molecular formula is C54H47F6O4Si3V-3. The SMILES string of the molecule is O.O[SiH3].O[Si](c1ccc(F)cc1)(c1ccc(F)cc1)c1ccc(F)cc1.O[Si](c1ccc(F)cc1)(c1ccc(F)cc1)c1ccc(F)cc1.[V].[c-]1ccccc1.[c-]1ccccc1.[c-]1ccccc1. The Hall–Kier alpha value is -6.36. The molecule has 0 aromatic heterocycles. The van der Waals surface area contributed by atoms with Crippen molar-refractivity contribution >= 4 is 58.2 Å². The Bertz CT molecular complexity index is 2140. The predicted molar refractivity (Wildman–Crippen MR) is 264 cm³/mol. The molecule has 0 aliphatic heterocycles. The van der Waals surface area contributed by atoms with Crippen molar-refractivity contribution in [3.8, 4) is 0 Å². The van der Waals surface area contributed by atoms with Crippen LogP contribution in [0.1, 0.15) is 0 Å². The topological polar surface area (TPSA) is 92.2 Å². The summed E-state index contributed by atoms with van der Waals surface area (Å²) in [5.74, 6) is -2.48. The zero-order valence-electron chi connectivity index (χ0n) is 36.6. The third-order valence-electron chi connectivity index (χ3n) is 9.39. The Labute approximate surface area is 410 Å². The van der Waals surface area contributed by atoms with Gasteiger partial charge in [0.25, 0.3) is 16.6 Å². The van der Waals surface area contributed by atoms with Gasteiger partial charge in [0.15, 0.2) is 0 Å². The van der Waals surface area contributed by atoms with Gasteiger partial charge in [0, 0.05) is 18.6 Å². The summed E-state index contributed by atoms with van der Waals surface area (Å²) in [5, 5.41) is 3.23. The van der Waals surface area contributed by atoms with E-state index in [0.717, 1.165) is 0 Å². The predicted octanol–water partition coefficient (Wildman–Crippen LogP) is 6.02. The van der Waals surface area contributed by atoms with Gasteiger partial charge in [0.1, 0.15) is 45.4 Å². The van der Waals surface area contributed by atoms with Gasteiger partial charge in [-0.25, -0.2) is 26.3 Å². The number of benzene rings is 9. The van der Waals surface area contributed by atoms with Crippen molar-refractivity contribution < 1.29 is 64.8 Å². The van der Waals surface area contributed by atoms with Gasteiger partial charge in [-0.1, -0.05) is 72.8 Å². The second-order valence-corrected chi connectivity index (χ2v) is 20.0. The maximum atomic E-state index is 13.2. The fourth-order valence-corrected chi connectivity index (χ4v) is 12.1. The molecule has 9 aromatic rings. The monoisotopic (exact) mass is 1010 g/mol. The molecule has 0 unspecified atom stereocenters. The van der Waals surface area contributed by atoms with Crippen molar-refractivity contribution in [2.24, 2.45) is 0 Å². The summed E-state index contributed by atoms with van der Waals surface area (Å²) in [7, 11) is -6.59. The molecule has 0 atom stereocenters. The van der Waals surface area contributed by atoms with Crippen LogP contribution in [0.25, 0.3) is 0 Å². The maximum Gasteiger partial charge on any atom is 0.285 e. The summed E-state index contributed by atoms with van der Waals surface area (Å²) in [5.41, 5.74) is 0. The Balaban J connectivity index is 0.000000326. The minimum atomic E-state index is -3.45. The van der Waals surface area contributed by atoms with Gasteiger partial charge in [0.05, 0.1) is 0 Å². The molecule has 0 aliphatic carbocycles. The molecule has 0 amide bonds. The molecule has 0 fully saturated rings. The van der Waals surface area contributed by atoms with E-state index in [-0.39, 0.29) is 24.0 Å². The van der Waals surface area contributed by atoms with Crippen LogP contribution in [-0.2, 0) is 18.6 Å². The zero-order valence-corrected chi connectivity index (χ0v) is 42.0. The van der Waals surface area contributed by atoms with Gasteiger partial charge >= 0.3 is 0 Å². The van der Waals surface area contributed by atoms with Crippen molar-refractivity contribution in [1.82, 2.24) is 0 Å². The molecular weight excluding hydrogens is 962 g/mol. The van der Waals surface area contributed by atoms with E-state index in [4.69, 9.17) is 4.80 Å². The van der Waals surface area contributed by atoms with E-state index in [1.807, 2.05) is 91.0 Å². The first-order valence-corrected chi connectivity index (χ1v) is 25.0. The first-order valence-electron chi connectivity index (χ1n) is 20.2. The first-order chi connectivity index (χ1) is 32.0. The molecule has 0 saturated heterocycles. The van der Waals surface area contributed by atoms with Crippen molar-refractivity contribution in [3.05, 3.63) is 290 Å². The van der Waals surface area contributed by atoms with E-state index >= 15 is 0 Å². The normalized spacial score (nSPS) is 10.0. The molecule has 0 aliphatic rings. The van der Waals surface area contributed by atoms with Crippen molar-refractivity contribution in [2.45, 2.75) is 0 Å². The summed E-state index contributed by atoms with van der Waals surface area (Å²) in [6, 6.07) is 70.8. The number of halogens is 6. The fraction of sp³-hybridized carbons (Fsp3) is 0. The summed E-state index contributed by atoms with van der Waals surface area (Å²) in [6.45, 7) is 0. The Kier molecular flexibility index (Phi) is 26.2. The van der Waals surface area contributed by atoms with Crippen molar-refractivity contribution in [2.75, 3.05) is 0 Å². The van der Waals surface area contributed by atoms with Crippen LogP contribution in [0.2, 0.25) is 0 Å². The van der Waals surface area contributed by atoms with E-state index in [1.54, 1.807) is 0 Å². The van der Waals surface area contributed by atoms with Crippen LogP contribution >= 0.6 is 0 Å². The third-order valence-corrected chi connectivity index (χ3v) is 16.4. The molecule has 4 nitrogen and oxygen atoms in total. The fourth-order valence-electron chi connectivity index (χ4n) is 6.17. The van der Waals surface area contributed by atoms with E-state index in [9.17, 15) is 35.9 Å². The smallest absolute Gasteiger partial charge is 0.285 e. The van der Waals surface area contributed by atoms with Gasteiger partial charge in [-0.05, 0) is 104 Å². The van der Waals surface area contributed by atoms with E-state index in [0.29, 0.717) is 41.6 Å².